The molecule has 17 heavy (non-hydrogen) atoms. The molecule has 0 aliphatic rings. The van der Waals surface area contributed by atoms with Gasteiger partial charge in [0.2, 0.25) is 0 Å². The zero-order valence-electron chi connectivity index (χ0n) is 9.81. The van der Waals surface area contributed by atoms with Crippen LogP contribution < -0.4 is 0 Å². The minimum Gasteiger partial charge on any atom is -0.384 e. The highest BCUT2D eigenvalue weighted by molar-refractivity contribution is 5.35. The van der Waals surface area contributed by atoms with Gasteiger partial charge in [0.25, 0.3) is 0 Å². The van der Waals surface area contributed by atoms with E-state index in [1.165, 1.54) is 6.07 Å². The van der Waals surface area contributed by atoms with Crippen LogP contribution in [0.4, 0.5) is 4.39 Å². The van der Waals surface area contributed by atoms with Gasteiger partial charge in [0, 0.05) is 18.0 Å². The van der Waals surface area contributed by atoms with Gasteiger partial charge in [0.15, 0.2) is 0 Å². The number of nitrogens with zero attached hydrogens (tertiary/aromatic N) is 1. The highest BCUT2D eigenvalue weighted by Gasteiger charge is 2.13. The molecule has 2 aromatic rings. The summed E-state index contributed by atoms with van der Waals surface area (Å²) in [6.07, 6.45) is 2.56. The fourth-order valence-electron chi connectivity index (χ4n) is 1.78. The Morgan fingerprint density at radius 1 is 1.18 bits per heavy atom. The molecule has 0 spiro atoms. The average Bonchev–Trinajstić information content (AvgIpc) is 2.32. The van der Waals surface area contributed by atoms with E-state index in [2.05, 4.69) is 4.98 Å². The lowest BCUT2D eigenvalue weighted by Gasteiger charge is -2.14. The van der Waals surface area contributed by atoms with Crippen LogP contribution >= 0.6 is 0 Å². The van der Waals surface area contributed by atoms with Gasteiger partial charge in [-0.2, -0.15) is 0 Å². The Bertz CT molecular complexity index is 539. The zero-order chi connectivity index (χ0) is 12.4. The van der Waals surface area contributed by atoms with Crippen molar-refractivity contribution in [1.82, 2.24) is 4.98 Å². The van der Waals surface area contributed by atoms with E-state index >= 15 is 0 Å². The number of aryl methyl sites for hydroxylation is 2. The summed E-state index contributed by atoms with van der Waals surface area (Å²) >= 11 is 0. The molecule has 1 aromatic carbocycles. The van der Waals surface area contributed by atoms with E-state index in [4.69, 9.17) is 0 Å². The predicted molar refractivity (Wildman–Crippen MR) is 64.2 cm³/mol. The SMILES string of the molecule is Cc1cc(C(O)c2cnccc2C)ccc1F. The third kappa shape index (κ3) is 2.34. The Hall–Kier alpha value is -1.74. The van der Waals surface area contributed by atoms with Gasteiger partial charge in [-0.3, -0.25) is 4.98 Å². The van der Waals surface area contributed by atoms with Gasteiger partial charge in [-0.1, -0.05) is 12.1 Å². The standard InChI is InChI=1S/C14H14FNO/c1-9-5-6-16-8-12(9)14(17)11-3-4-13(15)10(2)7-11/h3-8,14,17H,1-2H3. The fraction of sp³-hybridized carbons (Fsp3) is 0.214. The summed E-state index contributed by atoms with van der Waals surface area (Å²) in [6, 6.07) is 6.47. The summed E-state index contributed by atoms with van der Waals surface area (Å²) in [6.45, 7) is 3.60. The second-order valence-electron chi connectivity index (χ2n) is 4.14. The molecule has 1 atom stereocenters. The normalized spacial score (nSPS) is 12.5. The number of hydrogen-bond donors (Lipinski definition) is 1. The van der Waals surface area contributed by atoms with Crippen molar-refractivity contribution in [1.29, 1.82) is 0 Å². The van der Waals surface area contributed by atoms with E-state index in [1.54, 1.807) is 31.5 Å². The third-order valence-electron chi connectivity index (χ3n) is 2.87. The van der Waals surface area contributed by atoms with Crippen LogP contribution in [0.2, 0.25) is 0 Å². The average molecular weight is 231 g/mol. The minimum absolute atomic E-state index is 0.260. The van der Waals surface area contributed by atoms with Gasteiger partial charge in [-0.25, -0.2) is 4.39 Å². The Labute approximate surface area is 99.8 Å². The van der Waals surface area contributed by atoms with Crippen LogP contribution in [-0.4, -0.2) is 10.1 Å². The number of halogens is 1. The highest BCUT2D eigenvalue weighted by atomic mass is 19.1. The summed E-state index contributed by atoms with van der Waals surface area (Å²) in [5.74, 6) is -0.260. The molecular weight excluding hydrogens is 217 g/mol. The molecule has 1 unspecified atom stereocenters. The van der Waals surface area contributed by atoms with Crippen molar-refractivity contribution in [2.45, 2.75) is 20.0 Å². The van der Waals surface area contributed by atoms with Gasteiger partial charge in [0.1, 0.15) is 11.9 Å². The number of hydrogen-bond acceptors (Lipinski definition) is 2. The maximum atomic E-state index is 13.1. The quantitative estimate of drug-likeness (QED) is 0.862. The summed E-state index contributed by atoms with van der Waals surface area (Å²) in [5.41, 5.74) is 2.93. The Balaban J connectivity index is 2.40. The molecule has 3 heteroatoms. The van der Waals surface area contributed by atoms with E-state index in [0.29, 0.717) is 11.1 Å². The first-order chi connectivity index (χ1) is 8.09. The van der Waals surface area contributed by atoms with Crippen molar-refractivity contribution in [3.05, 3.63) is 64.7 Å². The molecule has 88 valence electrons. The lowest BCUT2D eigenvalue weighted by molar-refractivity contribution is 0.219. The van der Waals surface area contributed by atoms with Crippen LogP contribution in [0, 0.1) is 19.7 Å². The van der Waals surface area contributed by atoms with Crippen LogP contribution in [0.3, 0.4) is 0 Å². The van der Waals surface area contributed by atoms with E-state index < -0.39 is 6.10 Å². The van der Waals surface area contributed by atoms with E-state index in [-0.39, 0.29) is 5.82 Å². The van der Waals surface area contributed by atoms with Crippen LogP contribution in [0.15, 0.2) is 36.7 Å². The fourth-order valence-corrected chi connectivity index (χ4v) is 1.78. The first kappa shape index (κ1) is 11.7. The highest BCUT2D eigenvalue weighted by Crippen LogP contribution is 2.25. The van der Waals surface area contributed by atoms with Crippen LogP contribution in [0.1, 0.15) is 28.4 Å². The van der Waals surface area contributed by atoms with Crippen molar-refractivity contribution in [3.8, 4) is 0 Å². The number of pyridine rings is 1. The number of aliphatic hydroxyl groups is 1. The Morgan fingerprint density at radius 3 is 2.59 bits per heavy atom. The molecule has 1 aromatic heterocycles. The molecule has 0 saturated carbocycles. The smallest absolute Gasteiger partial charge is 0.126 e. The summed E-state index contributed by atoms with van der Waals surface area (Å²) in [7, 11) is 0. The first-order valence-corrected chi connectivity index (χ1v) is 5.44. The molecule has 0 aliphatic heterocycles. The summed E-state index contributed by atoms with van der Waals surface area (Å²) in [4.78, 5) is 4.00. The van der Waals surface area contributed by atoms with Gasteiger partial charge >= 0.3 is 0 Å². The molecule has 0 amide bonds. The molecular formula is C14H14FNO. The van der Waals surface area contributed by atoms with Gasteiger partial charge in [-0.05, 0) is 42.7 Å². The Morgan fingerprint density at radius 2 is 1.94 bits per heavy atom. The lowest BCUT2D eigenvalue weighted by atomic mass is 9.98. The van der Waals surface area contributed by atoms with Crippen LogP contribution in [0.25, 0.3) is 0 Å². The summed E-state index contributed by atoms with van der Waals surface area (Å²) < 4.78 is 13.1. The molecule has 2 nitrogen and oxygen atoms in total. The van der Waals surface area contributed by atoms with Gasteiger partial charge in [-0.15, -0.1) is 0 Å². The van der Waals surface area contributed by atoms with Gasteiger partial charge < -0.3 is 5.11 Å². The van der Waals surface area contributed by atoms with Crippen molar-refractivity contribution < 1.29 is 9.50 Å². The predicted octanol–water partition coefficient (Wildman–Crippen LogP) is 2.92. The molecule has 0 saturated heterocycles. The van der Waals surface area contributed by atoms with Crippen molar-refractivity contribution in [3.63, 3.8) is 0 Å². The molecule has 0 aliphatic carbocycles. The summed E-state index contributed by atoms with van der Waals surface area (Å²) in [5, 5.41) is 10.2. The molecule has 1 N–H and O–H groups in total. The lowest BCUT2D eigenvalue weighted by Crippen LogP contribution is -2.03. The van der Waals surface area contributed by atoms with Crippen molar-refractivity contribution in [2.24, 2.45) is 0 Å². The van der Waals surface area contributed by atoms with Crippen LogP contribution in [-0.2, 0) is 0 Å². The number of rotatable bonds is 2. The maximum absolute atomic E-state index is 13.1. The molecule has 0 bridgehead atoms. The second kappa shape index (κ2) is 4.63. The largest absolute Gasteiger partial charge is 0.384 e. The Kier molecular flexibility index (Phi) is 3.20. The molecule has 0 fully saturated rings. The topological polar surface area (TPSA) is 33.1 Å². The van der Waals surface area contributed by atoms with E-state index in [0.717, 1.165) is 11.1 Å². The van der Waals surface area contributed by atoms with E-state index in [9.17, 15) is 9.50 Å². The van der Waals surface area contributed by atoms with Crippen molar-refractivity contribution in [2.75, 3.05) is 0 Å². The van der Waals surface area contributed by atoms with Crippen molar-refractivity contribution >= 4 is 0 Å². The van der Waals surface area contributed by atoms with E-state index in [1.807, 2.05) is 13.0 Å². The second-order valence-corrected chi connectivity index (χ2v) is 4.14. The zero-order valence-corrected chi connectivity index (χ0v) is 9.81. The monoisotopic (exact) mass is 231 g/mol. The molecule has 1 heterocycles. The molecule has 2 rings (SSSR count). The molecule has 0 radical (unpaired) electrons. The number of benzene rings is 1. The third-order valence-corrected chi connectivity index (χ3v) is 2.87. The minimum atomic E-state index is -0.761. The number of aliphatic hydroxyl groups excluding tert-OH is 1. The maximum Gasteiger partial charge on any atom is 0.126 e. The number of aromatic nitrogens is 1. The van der Waals surface area contributed by atoms with Gasteiger partial charge in [0.05, 0.1) is 0 Å². The van der Waals surface area contributed by atoms with Crippen LogP contribution in [0.5, 0.6) is 0 Å². The first-order valence-electron chi connectivity index (χ1n) is 5.44.